The van der Waals surface area contributed by atoms with Gasteiger partial charge in [0.2, 0.25) is 0 Å². The summed E-state index contributed by atoms with van der Waals surface area (Å²) in [5.74, 6) is 0.857. The lowest BCUT2D eigenvalue weighted by molar-refractivity contribution is 0.280. The Morgan fingerprint density at radius 3 is 2.88 bits per heavy atom. The highest BCUT2D eigenvalue weighted by molar-refractivity contribution is 4.97. The van der Waals surface area contributed by atoms with Gasteiger partial charge in [-0.2, -0.15) is 0 Å². The van der Waals surface area contributed by atoms with Gasteiger partial charge in [-0.1, -0.05) is 19.3 Å². The summed E-state index contributed by atoms with van der Waals surface area (Å²) in [5.41, 5.74) is 1.08. The molecule has 0 aliphatic heterocycles. The molecule has 88 valence electrons. The minimum atomic E-state index is 0.607. The van der Waals surface area contributed by atoms with Crippen LogP contribution < -0.4 is 5.32 Å². The molecule has 16 heavy (non-hydrogen) atoms. The van der Waals surface area contributed by atoms with Gasteiger partial charge in [-0.05, 0) is 31.7 Å². The average molecular weight is 219 g/mol. The molecule has 0 saturated heterocycles. The van der Waals surface area contributed by atoms with E-state index in [4.69, 9.17) is 0 Å². The molecule has 0 aromatic carbocycles. The van der Waals surface area contributed by atoms with Gasteiger partial charge in [0.25, 0.3) is 0 Å². The molecule has 1 unspecified atom stereocenters. The quantitative estimate of drug-likeness (QED) is 0.845. The van der Waals surface area contributed by atoms with E-state index < -0.39 is 0 Å². The van der Waals surface area contributed by atoms with Crippen molar-refractivity contribution in [1.82, 2.24) is 15.3 Å². The summed E-state index contributed by atoms with van der Waals surface area (Å²) in [6.45, 7) is 3.16. The van der Waals surface area contributed by atoms with Crippen molar-refractivity contribution < 1.29 is 0 Å². The molecule has 1 heterocycles. The fourth-order valence-corrected chi connectivity index (χ4v) is 2.49. The van der Waals surface area contributed by atoms with Crippen molar-refractivity contribution in [2.24, 2.45) is 5.92 Å². The van der Waals surface area contributed by atoms with Crippen LogP contribution in [0.4, 0.5) is 0 Å². The second-order valence-electron chi connectivity index (χ2n) is 4.77. The average Bonchev–Trinajstić information content (AvgIpc) is 2.38. The molecule has 1 N–H and O–H groups in total. The van der Waals surface area contributed by atoms with Gasteiger partial charge in [-0.25, -0.2) is 9.97 Å². The lowest BCUT2D eigenvalue weighted by Gasteiger charge is -2.28. The van der Waals surface area contributed by atoms with Gasteiger partial charge >= 0.3 is 0 Å². The lowest BCUT2D eigenvalue weighted by atomic mass is 9.84. The fraction of sp³-hybridized carbons (Fsp3) is 0.692. The molecule has 0 amide bonds. The van der Waals surface area contributed by atoms with Crippen molar-refractivity contribution in [3.8, 4) is 0 Å². The third-order valence-corrected chi connectivity index (χ3v) is 3.61. The maximum atomic E-state index is 4.22. The Bertz CT molecular complexity index is 293. The van der Waals surface area contributed by atoms with E-state index >= 15 is 0 Å². The molecule has 1 aromatic heterocycles. The third kappa shape index (κ3) is 3.27. The second kappa shape index (κ2) is 5.94. The zero-order valence-electron chi connectivity index (χ0n) is 10.0. The van der Waals surface area contributed by atoms with Crippen molar-refractivity contribution >= 4 is 0 Å². The first kappa shape index (κ1) is 11.5. The van der Waals surface area contributed by atoms with E-state index in [1.165, 1.54) is 32.1 Å². The predicted octanol–water partition coefficient (Wildman–Crippen LogP) is 2.54. The highest BCUT2D eigenvalue weighted by Gasteiger charge is 2.19. The Morgan fingerprint density at radius 1 is 1.38 bits per heavy atom. The van der Waals surface area contributed by atoms with Crippen LogP contribution in [0.15, 0.2) is 18.6 Å². The normalized spacial score (nSPS) is 19.6. The molecule has 3 heteroatoms. The first-order valence-electron chi connectivity index (χ1n) is 6.34. The Labute approximate surface area is 97.7 Å². The van der Waals surface area contributed by atoms with Crippen LogP contribution in [-0.2, 0) is 6.54 Å². The van der Waals surface area contributed by atoms with Gasteiger partial charge in [0.1, 0.15) is 6.33 Å². The van der Waals surface area contributed by atoms with Gasteiger partial charge in [0.15, 0.2) is 0 Å². The van der Waals surface area contributed by atoms with Gasteiger partial charge in [-0.15, -0.1) is 0 Å². The van der Waals surface area contributed by atoms with Crippen molar-refractivity contribution in [3.05, 3.63) is 24.3 Å². The highest BCUT2D eigenvalue weighted by atomic mass is 14.9. The number of aromatic nitrogens is 2. The zero-order chi connectivity index (χ0) is 11.2. The molecule has 1 aliphatic rings. The summed E-state index contributed by atoms with van der Waals surface area (Å²) in [6.07, 6.45) is 10.4. The first-order chi connectivity index (χ1) is 7.86. The van der Waals surface area contributed by atoms with Crippen molar-refractivity contribution in [2.75, 3.05) is 0 Å². The van der Waals surface area contributed by atoms with E-state index in [9.17, 15) is 0 Å². The van der Waals surface area contributed by atoms with Crippen LogP contribution in [0.5, 0.6) is 0 Å². The molecular formula is C13H21N3. The standard InChI is InChI=1S/C13H21N3/c1-11(12-5-3-2-4-6-12)15-9-13-7-8-14-10-16-13/h7-8,10-12,15H,2-6,9H2,1H3. The summed E-state index contributed by atoms with van der Waals surface area (Å²) in [7, 11) is 0. The van der Waals surface area contributed by atoms with Crippen LogP contribution in [0.3, 0.4) is 0 Å². The fourth-order valence-electron chi connectivity index (χ4n) is 2.49. The molecule has 2 rings (SSSR count). The first-order valence-corrected chi connectivity index (χ1v) is 6.34. The number of hydrogen-bond donors (Lipinski definition) is 1. The molecule has 1 aromatic rings. The Balaban J connectivity index is 1.76. The largest absolute Gasteiger partial charge is 0.308 e. The summed E-state index contributed by atoms with van der Waals surface area (Å²) in [6, 6.07) is 2.58. The monoisotopic (exact) mass is 219 g/mol. The number of nitrogens with zero attached hydrogens (tertiary/aromatic N) is 2. The summed E-state index contributed by atoms with van der Waals surface area (Å²) in [5, 5.41) is 3.58. The van der Waals surface area contributed by atoms with Crippen LogP contribution in [0, 0.1) is 5.92 Å². The topological polar surface area (TPSA) is 37.8 Å². The van der Waals surface area contributed by atoms with E-state index in [1.807, 2.05) is 6.07 Å². The smallest absolute Gasteiger partial charge is 0.115 e. The minimum Gasteiger partial charge on any atom is -0.308 e. The zero-order valence-corrected chi connectivity index (χ0v) is 10.0. The Morgan fingerprint density at radius 2 is 2.19 bits per heavy atom. The molecule has 1 fully saturated rings. The molecule has 1 saturated carbocycles. The van der Waals surface area contributed by atoms with Gasteiger partial charge in [-0.3, -0.25) is 0 Å². The molecule has 3 nitrogen and oxygen atoms in total. The van der Waals surface area contributed by atoms with E-state index in [1.54, 1.807) is 12.5 Å². The molecule has 1 aliphatic carbocycles. The van der Waals surface area contributed by atoms with Crippen LogP contribution in [0.25, 0.3) is 0 Å². The highest BCUT2D eigenvalue weighted by Crippen LogP contribution is 2.26. The summed E-state index contributed by atoms with van der Waals surface area (Å²) >= 11 is 0. The van der Waals surface area contributed by atoms with E-state index in [0.29, 0.717) is 6.04 Å². The van der Waals surface area contributed by atoms with E-state index in [0.717, 1.165) is 18.2 Å². The van der Waals surface area contributed by atoms with Crippen LogP contribution in [0.2, 0.25) is 0 Å². The van der Waals surface area contributed by atoms with E-state index in [-0.39, 0.29) is 0 Å². The second-order valence-corrected chi connectivity index (χ2v) is 4.77. The minimum absolute atomic E-state index is 0.607. The predicted molar refractivity (Wildman–Crippen MR) is 64.9 cm³/mol. The van der Waals surface area contributed by atoms with Crippen LogP contribution in [-0.4, -0.2) is 16.0 Å². The molecule has 0 radical (unpaired) electrons. The molecule has 0 spiro atoms. The van der Waals surface area contributed by atoms with Gasteiger partial charge in [0, 0.05) is 18.8 Å². The molecular weight excluding hydrogens is 198 g/mol. The lowest BCUT2D eigenvalue weighted by Crippen LogP contribution is -2.34. The molecule has 1 atom stereocenters. The summed E-state index contributed by atoms with van der Waals surface area (Å²) < 4.78 is 0. The van der Waals surface area contributed by atoms with Crippen molar-refractivity contribution in [2.45, 2.75) is 51.6 Å². The summed E-state index contributed by atoms with van der Waals surface area (Å²) in [4.78, 5) is 8.15. The SMILES string of the molecule is CC(NCc1ccncn1)C1CCCCC1. The van der Waals surface area contributed by atoms with Crippen LogP contribution >= 0.6 is 0 Å². The number of rotatable bonds is 4. The van der Waals surface area contributed by atoms with Crippen molar-refractivity contribution in [1.29, 1.82) is 0 Å². The van der Waals surface area contributed by atoms with Gasteiger partial charge < -0.3 is 5.32 Å². The van der Waals surface area contributed by atoms with Gasteiger partial charge in [0.05, 0.1) is 5.69 Å². The number of nitrogens with one attached hydrogen (secondary N) is 1. The third-order valence-electron chi connectivity index (χ3n) is 3.61. The number of hydrogen-bond acceptors (Lipinski definition) is 3. The van der Waals surface area contributed by atoms with E-state index in [2.05, 4.69) is 22.2 Å². The Kier molecular flexibility index (Phi) is 4.28. The Hall–Kier alpha value is -0.960. The van der Waals surface area contributed by atoms with Crippen molar-refractivity contribution in [3.63, 3.8) is 0 Å². The maximum absolute atomic E-state index is 4.22. The molecule has 0 bridgehead atoms. The van der Waals surface area contributed by atoms with Crippen LogP contribution in [0.1, 0.15) is 44.7 Å². The maximum Gasteiger partial charge on any atom is 0.115 e.